The molecule has 82 valence electrons. The zero-order valence-corrected chi connectivity index (χ0v) is 9.67. The largest absolute Gasteiger partial charge is 0.365 e. The highest BCUT2D eigenvalue weighted by atomic mass is 16.6. The van der Waals surface area contributed by atoms with Crippen LogP contribution in [-0.2, 0) is 4.74 Å². The van der Waals surface area contributed by atoms with Gasteiger partial charge in [0.25, 0.3) is 0 Å². The fourth-order valence-electron chi connectivity index (χ4n) is 1.68. The molecule has 1 heterocycles. The average Bonchev–Trinajstić information content (AvgIpc) is 2.87. The van der Waals surface area contributed by atoms with Gasteiger partial charge < -0.3 is 4.74 Å². The summed E-state index contributed by atoms with van der Waals surface area (Å²) in [6, 6.07) is 0. The first kappa shape index (κ1) is 11.8. The first-order valence-corrected chi connectivity index (χ1v) is 6.16. The Hall–Kier alpha value is -0.300. The van der Waals surface area contributed by atoms with Crippen molar-refractivity contribution in [2.24, 2.45) is 0 Å². The number of allylic oxidation sites excluding steroid dienone is 1. The summed E-state index contributed by atoms with van der Waals surface area (Å²) in [6.07, 6.45) is 15.0. The zero-order valence-electron chi connectivity index (χ0n) is 9.67. The van der Waals surface area contributed by atoms with E-state index in [-0.39, 0.29) is 0 Å². The van der Waals surface area contributed by atoms with Gasteiger partial charge in [-0.15, -0.1) is 0 Å². The molecule has 0 N–H and O–H groups in total. The predicted molar refractivity (Wildman–Crippen MR) is 61.5 cm³/mol. The zero-order chi connectivity index (χ0) is 10.2. The Bertz CT molecular complexity index is 163. The summed E-state index contributed by atoms with van der Waals surface area (Å²) in [6.45, 7) is 4.39. The maximum absolute atomic E-state index is 5.29. The topological polar surface area (TPSA) is 12.5 Å². The quantitative estimate of drug-likeness (QED) is 0.324. The number of rotatable bonds is 8. The van der Waals surface area contributed by atoms with Crippen molar-refractivity contribution < 1.29 is 4.74 Å². The van der Waals surface area contributed by atoms with E-state index in [2.05, 4.69) is 26.0 Å². The van der Waals surface area contributed by atoms with Crippen molar-refractivity contribution in [3.05, 3.63) is 12.2 Å². The Morgan fingerprint density at radius 2 is 1.71 bits per heavy atom. The lowest BCUT2D eigenvalue weighted by Gasteiger charge is -1.97. The van der Waals surface area contributed by atoms with E-state index in [1.54, 1.807) is 0 Å². The van der Waals surface area contributed by atoms with Gasteiger partial charge in [-0.2, -0.15) is 0 Å². The van der Waals surface area contributed by atoms with Crippen LogP contribution in [0.4, 0.5) is 0 Å². The number of unbranched alkanes of at least 4 members (excludes halogenated alkanes) is 6. The molecule has 1 fully saturated rings. The Labute approximate surface area is 88.5 Å². The molecule has 0 aromatic carbocycles. The fourth-order valence-corrected chi connectivity index (χ4v) is 1.68. The van der Waals surface area contributed by atoms with E-state index in [1.165, 1.54) is 44.9 Å². The summed E-state index contributed by atoms with van der Waals surface area (Å²) in [5, 5.41) is 0. The Morgan fingerprint density at radius 3 is 2.36 bits per heavy atom. The summed E-state index contributed by atoms with van der Waals surface area (Å²) < 4.78 is 5.29. The van der Waals surface area contributed by atoms with Gasteiger partial charge in [0.1, 0.15) is 6.10 Å². The number of hydrogen-bond acceptors (Lipinski definition) is 1. The molecule has 1 saturated heterocycles. The van der Waals surface area contributed by atoms with Crippen LogP contribution in [0.25, 0.3) is 0 Å². The highest BCUT2D eigenvalue weighted by molar-refractivity contribution is 5.00. The molecule has 0 amide bonds. The van der Waals surface area contributed by atoms with Gasteiger partial charge in [0.15, 0.2) is 0 Å². The molecular formula is C13H24O. The summed E-state index contributed by atoms with van der Waals surface area (Å²) in [5.41, 5.74) is 0. The van der Waals surface area contributed by atoms with Crippen molar-refractivity contribution >= 4 is 0 Å². The van der Waals surface area contributed by atoms with Gasteiger partial charge >= 0.3 is 0 Å². The molecule has 0 aromatic heterocycles. The molecule has 2 atom stereocenters. The summed E-state index contributed by atoms with van der Waals surface area (Å²) in [5.74, 6) is 0. The SMILES string of the molecule is CCCCCCCC/C=C/[C@@H]1O[C@H]1C. The molecule has 0 radical (unpaired) electrons. The lowest BCUT2D eigenvalue weighted by molar-refractivity contribution is 0.400. The molecule has 1 heteroatoms. The Kier molecular flexibility index (Phi) is 5.93. The van der Waals surface area contributed by atoms with Gasteiger partial charge in [0, 0.05) is 0 Å². The van der Waals surface area contributed by atoms with Gasteiger partial charge in [0.05, 0.1) is 6.10 Å². The molecule has 0 aliphatic carbocycles. The highest BCUT2D eigenvalue weighted by Gasteiger charge is 2.30. The van der Waals surface area contributed by atoms with E-state index < -0.39 is 0 Å². The van der Waals surface area contributed by atoms with Crippen molar-refractivity contribution in [3.8, 4) is 0 Å². The minimum absolute atomic E-state index is 0.440. The van der Waals surface area contributed by atoms with Crippen molar-refractivity contribution in [3.63, 3.8) is 0 Å². The van der Waals surface area contributed by atoms with Gasteiger partial charge in [-0.1, -0.05) is 51.2 Å². The lowest BCUT2D eigenvalue weighted by atomic mass is 10.1. The second-order valence-corrected chi connectivity index (χ2v) is 4.29. The number of hydrogen-bond donors (Lipinski definition) is 0. The molecule has 14 heavy (non-hydrogen) atoms. The normalized spacial score (nSPS) is 25.9. The van der Waals surface area contributed by atoms with E-state index in [9.17, 15) is 0 Å². The van der Waals surface area contributed by atoms with Crippen molar-refractivity contribution in [2.75, 3.05) is 0 Å². The second-order valence-electron chi connectivity index (χ2n) is 4.29. The first-order chi connectivity index (χ1) is 6.84. The van der Waals surface area contributed by atoms with Crippen LogP contribution in [0.15, 0.2) is 12.2 Å². The van der Waals surface area contributed by atoms with E-state index in [0.29, 0.717) is 12.2 Å². The Morgan fingerprint density at radius 1 is 1.07 bits per heavy atom. The highest BCUT2D eigenvalue weighted by Crippen LogP contribution is 2.22. The standard InChI is InChI=1S/C13H24O/c1-3-4-5-6-7-8-9-10-11-13-12(2)14-13/h10-13H,3-9H2,1-2H3/b11-10+/t12-,13-/m0/s1. The van der Waals surface area contributed by atoms with Crippen LogP contribution in [0.2, 0.25) is 0 Å². The first-order valence-electron chi connectivity index (χ1n) is 6.16. The molecule has 0 spiro atoms. The minimum atomic E-state index is 0.440. The van der Waals surface area contributed by atoms with Gasteiger partial charge in [-0.3, -0.25) is 0 Å². The maximum Gasteiger partial charge on any atom is 0.102 e. The summed E-state index contributed by atoms with van der Waals surface area (Å²) in [7, 11) is 0. The van der Waals surface area contributed by atoms with E-state index >= 15 is 0 Å². The third-order valence-corrected chi connectivity index (χ3v) is 2.81. The van der Waals surface area contributed by atoms with Crippen LogP contribution in [0, 0.1) is 0 Å². The number of epoxide rings is 1. The maximum atomic E-state index is 5.29. The van der Waals surface area contributed by atoms with Gasteiger partial charge in [-0.05, 0) is 19.8 Å². The molecule has 1 nitrogen and oxygen atoms in total. The molecule has 1 rings (SSSR count). The molecular weight excluding hydrogens is 172 g/mol. The van der Waals surface area contributed by atoms with Crippen LogP contribution < -0.4 is 0 Å². The molecule has 1 aliphatic heterocycles. The number of ether oxygens (including phenoxy) is 1. The fraction of sp³-hybridized carbons (Fsp3) is 0.846. The molecule has 0 saturated carbocycles. The molecule has 0 bridgehead atoms. The van der Waals surface area contributed by atoms with Gasteiger partial charge in [0.2, 0.25) is 0 Å². The van der Waals surface area contributed by atoms with Gasteiger partial charge in [-0.25, -0.2) is 0 Å². The van der Waals surface area contributed by atoms with Crippen LogP contribution >= 0.6 is 0 Å². The summed E-state index contributed by atoms with van der Waals surface area (Å²) in [4.78, 5) is 0. The lowest BCUT2D eigenvalue weighted by Crippen LogP contribution is -1.82. The molecule has 1 aliphatic rings. The van der Waals surface area contributed by atoms with E-state index in [0.717, 1.165) is 0 Å². The molecule has 0 aromatic rings. The second kappa shape index (κ2) is 7.05. The van der Waals surface area contributed by atoms with E-state index in [1.807, 2.05) is 0 Å². The average molecular weight is 196 g/mol. The van der Waals surface area contributed by atoms with Crippen molar-refractivity contribution in [1.82, 2.24) is 0 Å². The predicted octanol–water partition coefficient (Wildman–Crippen LogP) is 4.08. The van der Waals surface area contributed by atoms with Crippen molar-refractivity contribution in [1.29, 1.82) is 0 Å². The third-order valence-electron chi connectivity index (χ3n) is 2.81. The third kappa shape index (κ3) is 5.43. The Balaban J connectivity index is 1.78. The van der Waals surface area contributed by atoms with Crippen LogP contribution in [0.3, 0.4) is 0 Å². The summed E-state index contributed by atoms with van der Waals surface area (Å²) >= 11 is 0. The van der Waals surface area contributed by atoms with Crippen LogP contribution in [0.1, 0.15) is 58.8 Å². The van der Waals surface area contributed by atoms with Crippen molar-refractivity contribution in [2.45, 2.75) is 71.0 Å². The smallest absolute Gasteiger partial charge is 0.102 e. The van der Waals surface area contributed by atoms with Crippen LogP contribution in [-0.4, -0.2) is 12.2 Å². The molecule has 0 unspecified atom stereocenters. The monoisotopic (exact) mass is 196 g/mol. The van der Waals surface area contributed by atoms with Crippen LogP contribution in [0.5, 0.6) is 0 Å². The van der Waals surface area contributed by atoms with E-state index in [4.69, 9.17) is 4.74 Å². The minimum Gasteiger partial charge on any atom is -0.365 e.